The van der Waals surface area contributed by atoms with E-state index in [4.69, 9.17) is 22.1 Å². The Kier molecular flexibility index (Phi) is 3.17. The van der Waals surface area contributed by atoms with Crippen LogP contribution in [0.4, 0.5) is 0 Å². The van der Waals surface area contributed by atoms with Crippen LogP contribution in [-0.4, -0.2) is 12.6 Å². The Labute approximate surface area is 95.4 Å². The van der Waals surface area contributed by atoms with Gasteiger partial charge in [-0.2, -0.15) is 0 Å². The Balaban J connectivity index is 1.92. The van der Waals surface area contributed by atoms with Crippen molar-refractivity contribution in [3.8, 4) is 5.75 Å². The van der Waals surface area contributed by atoms with E-state index in [0.29, 0.717) is 17.5 Å². The lowest BCUT2D eigenvalue weighted by Gasteiger charge is -2.13. The van der Waals surface area contributed by atoms with Gasteiger partial charge in [-0.05, 0) is 43.4 Å². The van der Waals surface area contributed by atoms with Gasteiger partial charge in [-0.3, -0.25) is 0 Å². The fraction of sp³-hybridized carbons (Fsp3) is 0.500. The molecule has 1 fully saturated rings. The number of ether oxygens (including phenoxy) is 1. The lowest BCUT2D eigenvalue weighted by Crippen LogP contribution is -2.29. The largest absolute Gasteiger partial charge is 0.490 e. The van der Waals surface area contributed by atoms with E-state index in [1.54, 1.807) is 0 Å². The average Bonchev–Trinajstić information content (AvgIpc) is 2.99. The molecule has 0 spiro atoms. The fourth-order valence-corrected chi connectivity index (χ4v) is 1.86. The molecule has 15 heavy (non-hydrogen) atoms. The van der Waals surface area contributed by atoms with Crippen molar-refractivity contribution in [2.45, 2.75) is 25.8 Å². The van der Waals surface area contributed by atoms with Crippen LogP contribution in [-0.2, 0) is 0 Å². The highest BCUT2D eigenvalue weighted by Crippen LogP contribution is 2.32. The summed E-state index contributed by atoms with van der Waals surface area (Å²) < 4.78 is 5.60. The van der Waals surface area contributed by atoms with Crippen molar-refractivity contribution < 1.29 is 4.74 Å². The highest BCUT2D eigenvalue weighted by atomic mass is 35.5. The molecule has 2 rings (SSSR count). The van der Waals surface area contributed by atoms with Crippen LogP contribution in [0.2, 0.25) is 5.02 Å². The standard InChI is InChI=1S/C12H16ClNO/c1-8-2-5-12(10(13)6-8)15-7-11(14)9-3-4-9/h2,5-6,9,11H,3-4,7,14H2,1H3. The number of hydrogen-bond acceptors (Lipinski definition) is 2. The normalized spacial score (nSPS) is 17.5. The van der Waals surface area contributed by atoms with Gasteiger partial charge in [-0.1, -0.05) is 17.7 Å². The Morgan fingerprint density at radius 1 is 1.53 bits per heavy atom. The van der Waals surface area contributed by atoms with E-state index in [9.17, 15) is 0 Å². The summed E-state index contributed by atoms with van der Waals surface area (Å²) >= 11 is 6.04. The van der Waals surface area contributed by atoms with Gasteiger partial charge >= 0.3 is 0 Å². The van der Waals surface area contributed by atoms with Crippen LogP contribution in [0.1, 0.15) is 18.4 Å². The Morgan fingerprint density at radius 2 is 2.27 bits per heavy atom. The number of rotatable bonds is 4. The minimum absolute atomic E-state index is 0.155. The average molecular weight is 226 g/mol. The maximum absolute atomic E-state index is 6.04. The SMILES string of the molecule is Cc1ccc(OCC(N)C2CC2)c(Cl)c1. The summed E-state index contributed by atoms with van der Waals surface area (Å²) in [4.78, 5) is 0. The molecule has 1 aliphatic carbocycles. The molecule has 0 aromatic heterocycles. The third-order valence-corrected chi connectivity index (χ3v) is 3.04. The summed E-state index contributed by atoms with van der Waals surface area (Å²) in [6.45, 7) is 2.57. The minimum Gasteiger partial charge on any atom is -0.490 e. The van der Waals surface area contributed by atoms with Gasteiger partial charge in [0.05, 0.1) is 5.02 Å². The summed E-state index contributed by atoms with van der Waals surface area (Å²) in [5.74, 6) is 1.40. The lowest BCUT2D eigenvalue weighted by molar-refractivity contribution is 0.276. The van der Waals surface area contributed by atoms with E-state index in [0.717, 1.165) is 11.3 Å². The summed E-state index contributed by atoms with van der Waals surface area (Å²) in [6.07, 6.45) is 2.48. The van der Waals surface area contributed by atoms with E-state index in [1.807, 2.05) is 25.1 Å². The Morgan fingerprint density at radius 3 is 2.87 bits per heavy atom. The molecule has 1 aromatic rings. The first-order valence-corrected chi connectivity index (χ1v) is 5.69. The van der Waals surface area contributed by atoms with Crippen molar-refractivity contribution in [2.24, 2.45) is 11.7 Å². The predicted octanol–water partition coefficient (Wildman–Crippen LogP) is 2.76. The van der Waals surface area contributed by atoms with Crippen molar-refractivity contribution in [2.75, 3.05) is 6.61 Å². The maximum atomic E-state index is 6.04. The number of aryl methyl sites for hydroxylation is 1. The van der Waals surface area contributed by atoms with Crippen LogP contribution in [0.3, 0.4) is 0 Å². The molecule has 2 N–H and O–H groups in total. The molecular weight excluding hydrogens is 210 g/mol. The summed E-state index contributed by atoms with van der Waals surface area (Å²) in [7, 11) is 0. The molecule has 82 valence electrons. The van der Waals surface area contributed by atoms with Crippen molar-refractivity contribution >= 4 is 11.6 Å². The molecule has 0 bridgehead atoms. The van der Waals surface area contributed by atoms with Gasteiger partial charge in [-0.15, -0.1) is 0 Å². The third-order valence-electron chi connectivity index (χ3n) is 2.75. The van der Waals surface area contributed by atoms with Crippen molar-refractivity contribution in [1.29, 1.82) is 0 Å². The number of nitrogens with two attached hydrogens (primary N) is 1. The van der Waals surface area contributed by atoms with Gasteiger partial charge < -0.3 is 10.5 Å². The molecule has 1 aliphatic rings. The first-order chi connectivity index (χ1) is 7.16. The van der Waals surface area contributed by atoms with Crippen molar-refractivity contribution in [3.63, 3.8) is 0 Å². The highest BCUT2D eigenvalue weighted by molar-refractivity contribution is 6.32. The molecular formula is C12H16ClNO. The fourth-order valence-electron chi connectivity index (χ4n) is 1.57. The van der Waals surface area contributed by atoms with E-state index in [2.05, 4.69) is 0 Å². The zero-order valence-corrected chi connectivity index (χ0v) is 9.63. The Hall–Kier alpha value is -0.730. The van der Waals surface area contributed by atoms with Gasteiger partial charge in [-0.25, -0.2) is 0 Å². The molecule has 0 heterocycles. The molecule has 0 radical (unpaired) electrons. The van der Waals surface area contributed by atoms with Crippen LogP contribution in [0.25, 0.3) is 0 Å². The van der Waals surface area contributed by atoms with Gasteiger partial charge in [0.1, 0.15) is 12.4 Å². The summed E-state index contributed by atoms with van der Waals surface area (Å²) in [6, 6.07) is 5.95. The van der Waals surface area contributed by atoms with E-state index in [1.165, 1.54) is 12.8 Å². The van der Waals surface area contributed by atoms with E-state index in [-0.39, 0.29) is 6.04 Å². The highest BCUT2D eigenvalue weighted by Gasteiger charge is 2.28. The van der Waals surface area contributed by atoms with Crippen LogP contribution in [0, 0.1) is 12.8 Å². The minimum atomic E-state index is 0.155. The number of benzene rings is 1. The molecule has 0 saturated heterocycles. The molecule has 3 heteroatoms. The molecule has 1 atom stereocenters. The first kappa shape index (κ1) is 10.8. The second kappa shape index (κ2) is 4.42. The van der Waals surface area contributed by atoms with Crippen molar-refractivity contribution in [1.82, 2.24) is 0 Å². The number of hydrogen-bond donors (Lipinski definition) is 1. The molecule has 1 unspecified atom stereocenters. The van der Waals surface area contributed by atoms with E-state index < -0.39 is 0 Å². The van der Waals surface area contributed by atoms with Gasteiger partial charge in [0.25, 0.3) is 0 Å². The molecule has 2 nitrogen and oxygen atoms in total. The smallest absolute Gasteiger partial charge is 0.137 e. The lowest BCUT2D eigenvalue weighted by atomic mass is 10.2. The zero-order valence-electron chi connectivity index (χ0n) is 8.87. The van der Waals surface area contributed by atoms with Gasteiger partial charge in [0.2, 0.25) is 0 Å². The van der Waals surface area contributed by atoms with Crippen LogP contribution >= 0.6 is 11.6 Å². The number of halogens is 1. The second-order valence-electron chi connectivity index (χ2n) is 4.25. The second-order valence-corrected chi connectivity index (χ2v) is 4.65. The van der Waals surface area contributed by atoms with E-state index >= 15 is 0 Å². The summed E-state index contributed by atoms with van der Waals surface area (Å²) in [5, 5.41) is 0.665. The van der Waals surface area contributed by atoms with Crippen LogP contribution in [0.5, 0.6) is 5.75 Å². The maximum Gasteiger partial charge on any atom is 0.137 e. The Bertz CT molecular complexity index is 349. The van der Waals surface area contributed by atoms with Crippen molar-refractivity contribution in [3.05, 3.63) is 28.8 Å². The molecule has 0 aliphatic heterocycles. The predicted molar refractivity (Wildman–Crippen MR) is 62.4 cm³/mol. The molecule has 0 amide bonds. The molecule has 1 saturated carbocycles. The molecule has 1 aromatic carbocycles. The summed E-state index contributed by atoms with van der Waals surface area (Å²) in [5.41, 5.74) is 7.08. The first-order valence-electron chi connectivity index (χ1n) is 5.31. The van der Waals surface area contributed by atoms with Gasteiger partial charge in [0.15, 0.2) is 0 Å². The van der Waals surface area contributed by atoms with Crippen LogP contribution in [0.15, 0.2) is 18.2 Å². The van der Waals surface area contributed by atoms with Crippen LogP contribution < -0.4 is 10.5 Å². The zero-order chi connectivity index (χ0) is 10.8. The third kappa shape index (κ3) is 2.86. The topological polar surface area (TPSA) is 35.2 Å². The monoisotopic (exact) mass is 225 g/mol. The van der Waals surface area contributed by atoms with Gasteiger partial charge in [0, 0.05) is 6.04 Å². The quantitative estimate of drug-likeness (QED) is 0.855.